The van der Waals surface area contributed by atoms with E-state index in [-0.39, 0.29) is 11.6 Å². The third-order valence-electron chi connectivity index (χ3n) is 4.50. The second kappa shape index (κ2) is 6.66. The molecule has 4 heteroatoms. The van der Waals surface area contributed by atoms with Gasteiger partial charge in [-0.1, -0.05) is 30.9 Å². The topological polar surface area (TPSA) is 24.7 Å². The van der Waals surface area contributed by atoms with Gasteiger partial charge in [-0.05, 0) is 47.9 Å². The second-order valence-corrected chi connectivity index (χ2v) is 6.12. The van der Waals surface area contributed by atoms with Crippen molar-refractivity contribution in [2.45, 2.75) is 13.3 Å². The molecule has 26 heavy (non-hydrogen) atoms. The van der Waals surface area contributed by atoms with E-state index < -0.39 is 0 Å². The Labute approximate surface area is 150 Å². The first kappa shape index (κ1) is 16.4. The van der Waals surface area contributed by atoms with Crippen molar-refractivity contribution in [2.75, 3.05) is 6.54 Å². The molecule has 0 atom stereocenters. The fourth-order valence-corrected chi connectivity index (χ4v) is 3.16. The van der Waals surface area contributed by atoms with Crippen LogP contribution in [0.25, 0.3) is 5.57 Å². The summed E-state index contributed by atoms with van der Waals surface area (Å²) in [6, 6.07) is 11.0. The standard InChI is InChI=1S/C22H16F2N2/c1-2-16-8-10-17-14(12-25-16)13-26-22(19-5-3-4-6-21(19)24)20-11-15(23)7-9-18(17)20/h3-7,9-12H,2,13H2,1H3. The predicted octanol–water partition coefficient (Wildman–Crippen LogP) is 5.10. The predicted molar refractivity (Wildman–Crippen MR) is 101 cm³/mol. The van der Waals surface area contributed by atoms with Gasteiger partial charge in [-0.2, -0.15) is 0 Å². The van der Waals surface area contributed by atoms with Crippen LogP contribution in [0.3, 0.4) is 0 Å². The summed E-state index contributed by atoms with van der Waals surface area (Å²) >= 11 is 0. The van der Waals surface area contributed by atoms with Crippen LogP contribution < -0.4 is 0 Å². The number of nitrogens with zero attached hydrogens (tertiary/aromatic N) is 2. The van der Waals surface area contributed by atoms with Crippen molar-refractivity contribution in [1.29, 1.82) is 0 Å². The lowest BCUT2D eigenvalue weighted by atomic mass is 9.92. The highest BCUT2D eigenvalue weighted by atomic mass is 19.1. The summed E-state index contributed by atoms with van der Waals surface area (Å²) in [5, 5.41) is 0. The molecule has 2 aromatic carbocycles. The number of halogens is 2. The number of allylic oxidation sites excluding steroid dienone is 2. The van der Waals surface area contributed by atoms with Gasteiger partial charge in [-0.3, -0.25) is 9.98 Å². The first-order valence-corrected chi connectivity index (χ1v) is 8.50. The number of hydrogen-bond donors (Lipinski definition) is 0. The Morgan fingerprint density at radius 3 is 2.69 bits per heavy atom. The third kappa shape index (κ3) is 2.85. The summed E-state index contributed by atoms with van der Waals surface area (Å²) < 4.78 is 28.4. The van der Waals surface area contributed by atoms with E-state index >= 15 is 0 Å². The Bertz CT molecular complexity index is 1050. The molecule has 0 unspecified atom stereocenters. The molecular weight excluding hydrogens is 330 g/mol. The van der Waals surface area contributed by atoms with Crippen molar-refractivity contribution in [1.82, 2.24) is 0 Å². The molecule has 0 aromatic heterocycles. The Hall–Kier alpha value is -3.10. The van der Waals surface area contributed by atoms with E-state index in [1.165, 1.54) is 18.2 Å². The summed E-state index contributed by atoms with van der Waals surface area (Å²) in [4.78, 5) is 9.06. The molecule has 0 saturated heterocycles. The van der Waals surface area contributed by atoms with Gasteiger partial charge in [-0.15, -0.1) is 0 Å². The minimum atomic E-state index is -0.382. The monoisotopic (exact) mass is 346 g/mol. The van der Waals surface area contributed by atoms with Crippen LogP contribution in [0.1, 0.15) is 30.0 Å². The number of fused-ring (bicyclic) bond motifs is 2. The molecule has 0 saturated carbocycles. The fourth-order valence-electron chi connectivity index (χ4n) is 3.16. The molecule has 2 aromatic rings. The van der Waals surface area contributed by atoms with Gasteiger partial charge in [0.05, 0.1) is 18.0 Å². The molecule has 0 fully saturated rings. The van der Waals surface area contributed by atoms with Crippen LogP contribution in [0, 0.1) is 11.6 Å². The van der Waals surface area contributed by atoms with Gasteiger partial charge in [0.15, 0.2) is 0 Å². The van der Waals surface area contributed by atoms with Crippen LogP contribution in [0.5, 0.6) is 0 Å². The molecule has 4 rings (SSSR count). The van der Waals surface area contributed by atoms with E-state index in [1.807, 2.05) is 13.0 Å². The van der Waals surface area contributed by atoms with Gasteiger partial charge < -0.3 is 0 Å². The lowest BCUT2D eigenvalue weighted by Gasteiger charge is -2.12. The van der Waals surface area contributed by atoms with E-state index in [1.54, 1.807) is 30.5 Å². The summed E-state index contributed by atoms with van der Waals surface area (Å²) in [6.07, 6.45) is 4.43. The normalized spacial score (nSPS) is 15.7. The Kier molecular flexibility index (Phi) is 4.19. The molecule has 0 spiro atoms. The van der Waals surface area contributed by atoms with Crippen LogP contribution in [-0.2, 0) is 0 Å². The lowest BCUT2D eigenvalue weighted by Crippen LogP contribution is -2.09. The van der Waals surface area contributed by atoms with Crippen LogP contribution >= 0.6 is 0 Å². The Morgan fingerprint density at radius 1 is 1.04 bits per heavy atom. The van der Waals surface area contributed by atoms with Crippen LogP contribution in [0.2, 0.25) is 0 Å². The Balaban J connectivity index is 1.96. The molecule has 2 aliphatic rings. The summed E-state index contributed by atoms with van der Waals surface area (Å²) in [6.45, 7) is 2.36. The largest absolute Gasteiger partial charge is 0.279 e. The number of rotatable bonds is 2. The molecule has 0 radical (unpaired) electrons. The molecule has 2 heterocycles. The zero-order valence-electron chi connectivity index (χ0n) is 14.3. The minimum absolute atomic E-state index is 0.341. The maximum atomic E-state index is 14.4. The number of aliphatic imine (C=N–C) groups is 2. The zero-order valence-corrected chi connectivity index (χ0v) is 14.3. The molecule has 0 amide bonds. The summed E-state index contributed by atoms with van der Waals surface area (Å²) in [5.41, 5.74) is 8.03. The summed E-state index contributed by atoms with van der Waals surface area (Å²) in [7, 11) is 0. The van der Waals surface area contributed by atoms with Crippen LogP contribution in [0.15, 0.2) is 75.5 Å². The maximum Gasteiger partial charge on any atom is 0.132 e. The minimum Gasteiger partial charge on any atom is -0.279 e. The van der Waals surface area contributed by atoms with E-state index in [9.17, 15) is 8.78 Å². The van der Waals surface area contributed by atoms with Gasteiger partial charge in [0.1, 0.15) is 11.6 Å². The van der Waals surface area contributed by atoms with Gasteiger partial charge in [-0.25, -0.2) is 8.78 Å². The Morgan fingerprint density at radius 2 is 1.88 bits per heavy atom. The highest BCUT2D eigenvalue weighted by Gasteiger charge is 2.22. The molecule has 0 bridgehead atoms. The number of hydrogen-bond acceptors (Lipinski definition) is 2. The second-order valence-electron chi connectivity index (χ2n) is 6.12. The molecule has 0 aliphatic carbocycles. The maximum absolute atomic E-state index is 14.4. The van der Waals surface area contributed by atoms with Gasteiger partial charge in [0, 0.05) is 22.9 Å². The lowest BCUT2D eigenvalue weighted by molar-refractivity contribution is 0.623. The first-order chi connectivity index (χ1) is 12.7. The molecule has 0 N–H and O–H groups in total. The van der Waals surface area contributed by atoms with Crippen LogP contribution in [0.4, 0.5) is 8.78 Å². The fraction of sp³-hybridized carbons (Fsp3) is 0.136. The average Bonchev–Trinajstić information content (AvgIpc) is 2.93. The van der Waals surface area contributed by atoms with Crippen molar-refractivity contribution >= 4 is 17.5 Å². The van der Waals surface area contributed by atoms with Crippen LogP contribution in [-0.4, -0.2) is 18.5 Å². The van der Waals surface area contributed by atoms with E-state index in [4.69, 9.17) is 0 Å². The van der Waals surface area contributed by atoms with Gasteiger partial charge in [0.25, 0.3) is 0 Å². The van der Waals surface area contributed by atoms with Crippen molar-refractivity contribution in [3.63, 3.8) is 0 Å². The summed E-state index contributed by atoms with van der Waals surface area (Å²) in [5.74, 6) is -0.760. The highest BCUT2D eigenvalue weighted by Crippen LogP contribution is 2.31. The molecule has 2 nitrogen and oxygen atoms in total. The smallest absolute Gasteiger partial charge is 0.132 e. The van der Waals surface area contributed by atoms with Gasteiger partial charge >= 0.3 is 0 Å². The average molecular weight is 346 g/mol. The highest BCUT2D eigenvalue weighted by molar-refractivity contribution is 6.17. The molecule has 128 valence electrons. The SMILES string of the molecule is CCC1=C=CC2=C(C=N1)CN=C(c1ccccc1F)c1cc(F)ccc12. The van der Waals surface area contributed by atoms with Crippen molar-refractivity contribution < 1.29 is 8.78 Å². The van der Waals surface area contributed by atoms with Crippen molar-refractivity contribution in [2.24, 2.45) is 9.98 Å². The van der Waals surface area contributed by atoms with E-state index in [0.29, 0.717) is 23.4 Å². The number of benzene rings is 2. The molecule has 2 aliphatic heterocycles. The first-order valence-electron chi connectivity index (χ1n) is 8.50. The van der Waals surface area contributed by atoms with Gasteiger partial charge in [0.2, 0.25) is 0 Å². The van der Waals surface area contributed by atoms with E-state index in [0.717, 1.165) is 28.8 Å². The third-order valence-corrected chi connectivity index (χ3v) is 4.50. The van der Waals surface area contributed by atoms with E-state index in [2.05, 4.69) is 15.7 Å². The zero-order chi connectivity index (χ0) is 18.1. The van der Waals surface area contributed by atoms with Crippen molar-refractivity contribution in [3.8, 4) is 0 Å². The molecular formula is C22H16F2N2. The van der Waals surface area contributed by atoms with Crippen molar-refractivity contribution in [3.05, 3.63) is 93.9 Å². The quantitative estimate of drug-likeness (QED) is 0.676.